The first kappa shape index (κ1) is 14.9. The van der Waals surface area contributed by atoms with Gasteiger partial charge in [0.1, 0.15) is 5.75 Å². The predicted octanol–water partition coefficient (Wildman–Crippen LogP) is 0.0740. The Bertz CT molecular complexity index is 480. The van der Waals surface area contributed by atoms with Crippen LogP contribution >= 0.6 is 0 Å². The first-order valence-corrected chi connectivity index (χ1v) is 7.30. The Kier molecular flexibility index (Phi) is 5.09. The molecule has 0 aliphatic carbocycles. The third kappa shape index (κ3) is 3.35. The number of quaternary nitrogens is 1. The molecule has 5 nitrogen and oxygen atoms in total. The first-order chi connectivity index (χ1) is 9.65. The normalized spacial score (nSPS) is 23.4. The van der Waals surface area contributed by atoms with Crippen molar-refractivity contribution in [1.29, 1.82) is 0 Å². The van der Waals surface area contributed by atoms with E-state index in [1.165, 1.54) is 6.54 Å². The maximum Gasteiger partial charge on any atom is 0.145 e. The summed E-state index contributed by atoms with van der Waals surface area (Å²) in [5, 5.41) is 19.4. The quantitative estimate of drug-likeness (QED) is 0.683. The van der Waals surface area contributed by atoms with E-state index >= 15 is 0 Å². The molecule has 3 N–H and O–H groups in total. The molecule has 110 valence electrons. The lowest BCUT2D eigenvalue weighted by molar-refractivity contribution is -0.903. The van der Waals surface area contributed by atoms with E-state index in [0.717, 1.165) is 25.9 Å². The minimum atomic E-state index is -0.138. The predicted molar refractivity (Wildman–Crippen MR) is 78.4 cm³/mol. The molecule has 0 unspecified atom stereocenters. The number of piperidine rings is 1. The van der Waals surface area contributed by atoms with Crippen molar-refractivity contribution in [3.63, 3.8) is 0 Å². The van der Waals surface area contributed by atoms with Gasteiger partial charge in [-0.1, -0.05) is 0 Å². The van der Waals surface area contributed by atoms with E-state index in [0.29, 0.717) is 22.9 Å². The number of hydrogen-bond acceptors (Lipinski definition) is 4. The van der Waals surface area contributed by atoms with Gasteiger partial charge >= 0.3 is 0 Å². The van der Waals surface area contributed by atoms with E-state index in [-0.39, 0.29) is 12.4 Å². The largest absolute Gasteiger partial charge is 0.505 e. The highest BCUT2D eigenvalue weighted by molar-refractivity contribution is 5.85. The van der Waals surface area contributed by atoms with E-state index in [4.69, 9.17) is 0 Å². The van der Waals surface area contributed by atoms with Gasteiger partial charge in [0.2, 0.25) is 0 Å². The number of aromatic nitrogens is 1. The summed E-state index contributed by atoms with van der Waals surface area (Å²) < 4.78 is 0. The van der Waals surface area contributed by atoms with Crippen LogP contribution < -0.4 is 4.90 Å². The van der Waals surface area contributed by atoms with Gasteiger partial charge in [0.25, 0.3) is 0 Å². The molecule has 0 bridgehead atoms. The molecule has 1 aliphatic heterocycles. The summed E-state index contributed by atoms with van der Waals surface area (Å²) in [6, 6.07) is 0.324. The van der Waals surface area contributed by atoms with Crippen molar-refractivity contribution in [3.8, 4) is 5.75 Å². The second kappa shape index (κ2) is 6.81. The Hall–Kier alpha value is -1.46. The van der Waals surface area contributed by atoms with Gasteiger partial charge < -0.3 is 15.1 Å². The van der Waals surface area contributed by atoms with Gasteiger partial charge in [0.15, 0.2) is 0 Å². The molecule has 20 heavy (non-hydrogen) atoms. The Balaban J connectivity index is 2.10. The van der Waals surface area contributed by atoms with Crippen LogP contribution in [0.5, 0.6) is 5.75 Å². The smallest absolute Gasteiger partial charge is 0.145 e. The molecule has 1 saturated heterocycles. The van der Waals surface area contributed by atoms with Crippen LogP contribution in [-0.4, -0.2) is 47.1 Å². The van der Waals surface area contributed by atoms with Crippen LogP contribution in [0.25, 0.3) is 0 Å². The second-order valence-electron chi connectivity index (χ2n) is 5.40. The van der Waals surface area contributed by atoms with E-state index in [9.17, 15) is 10.2 Å². The number of likely N-dealkylation sites (tertiary alicyclic amines) is 1. The van der Waals surface area contributed by atoms with Gasteiger partial charge in [-0.25, -0.2) is 0 Å². The van der Waals surface area contributed by atoms with Crippen molar-refractivity contribution in [2.24, 2.45) is 4.99 Å². The first-order valence-electron chi connectivity index (χ1n) is 7.30. The number of aliphatic imine (C=N–C) groups is 1. The Morgan fingerprint density at radius 2 is 2.15 bits per heavy atom. The maximum atomic E-state index is 10.1. The fourth-order valence-corrected chi connectivity index (χ4v) is 2.62. The number of nitrogens with zero attached hydrogens (tertiary/aromatic N) is 2. The van der Waals surface area contributed by atoms with Gasteiger partial charge in [-0.05, 0) is 13.8 Å². The van der Waals surface area contributed by atoms with Crippen molar-refractivity contribution in [2.45, 2.75) is 39.3 Å². The summed E-state index contributed by atoms with van der Waals surface area (Å²) in [5.74, 6) is 0.122. The molecule has 1 aromatic rings. The van der Waals surface area contributed by atoms with Gasteiger partial charge in [-0.3, -0.25) is 9.98 Å². The lowest BCUT2D eigenvalue weighted by atomic mass is 10.1. The summed E-state index contributed by atoms with van der Waals surface area (Å²) >= 11 is 0. The fourth-order valence-electron chi connectivity index (χ4n) is 2.62. The number of nitrogens with one attached hydrogen (secondary N) is 1. The summed E-state index contributed by atoms with van der Waals surface area (Å²) in [6.07, 6.45) is 5.47. The van der Waals surface area contributed by atoms with E-state index in [1.54, 1.807) is 24.2 Å². The molecule has 0 radical (unpaired) electrons. The molecule has 1 aliphatic rings. The Morgan fingerprint density at radius 1 is 1.45 bits per heavy atom. The third-order valence-corrected chi connectivity index (χ3v) is 4.10. The molecule has 5 heteroatoms. The minimum absolute atomic E-state index is 0.122. The molecular formula is C15H24N3O2+. The number of aromatic hydroxyl groups is 1. The number of aliphatic hydroxyl groups excluding tert-OH is 1. The van der Waals surface area contributed by atoms with Crippen molar-refractivity contribution in [2.75, 3.05) is 19.6 Å². The summed E-state index contributed by atoms with van der Waals surface area (Å²) in [4.78, 5) is 10.3. The van der Waals surface area contributed by atoms with Gasteiger partial charge in [0.05, 0.1) is 38.0 Å². The second-order valence-corrected chi connectivity index (χ2v) is 5.40. The number of rotatable bonds is 4. The molecule has 0 atom stereocenters. The third-order valence-electron chi connectivity index (χ3n) is 4.10. The van der Waals surface area contributed by atoms with E-state index in [2.05, 4.69) is 16.9 Å². The van der Waals surface area contributed by atoms with E-state index in [1.807, 2.05) is 0 Å². The molecule has 1 aromatic heterocycles. The van der Waals surface area contributed by atoms with Crippen molar-refractivity contribution >= 4 is 6.21 Å². The molecule has 0 aromatic carbocycles. The number of aryl methyl sites for hydroxylation is 1. The Morgan fingerprint density at radius 3 is 2.75 bits per heavy atom. The zero-order valence-electron chi connectivity index (χ0n) is 12.3. The number of aliphatic hydroxyl groups is 1. The van der Waals surface area contributed by atoms with Crippen LogP contribution in [0.3, 0.4) is 0 Å². The highest BCUT2D eigenvalue weighted by Gasteiger charge is 2.20. The maximum absolute atomic E-state index is 10.1. The van der Waals surface area contributed by atoms with Crippen LogP contribution in [-0.2, 0) is 6.61 Å². The highest BCUT2D eigenvalue weighted by atomic mass is 16.3. The lowest BCUT2D eigenvalue weighted by Gasteiger charge is -2.26. The average Bonchev–Trinajstić information content (AvgIpc) is 2.49. The van der Waals surface area contributed by atoms with Crippen LogP contribution in [0, 0.1) is 6.92 Å². The summed E-state index contributed by atoms with van der Waals surface area (Å²) in [6.45, 7) is 7.32. The minimum Gasteiger partial charge on any atom is -0.505 e. The van der Waals surface area contributed by atoms with Crippen LogP contribution in [0.4, 0.5) is 0 Å². The van der Waals surface area contributed by atoms with Crippen molar-refractivity contribution in [1.82, 2.24) is 4.98 Å². The molecule has 1 fully saturated rings. The van der Waals surface area contributed by atoms with Gasteiger partial charge in [-0.2, -0.15) is 0 Å². The van der Waals surface area contributed by atoms with Crippen molar-refractivity contribution < 1.29 is 15.1 Å². The van der Waals surface area contributed by atoms with Crippen LogP contribution in [0.15, 0.2) is 11.2 Å². The van der Waals surface area contributed by atoms with Crippen LogP contribution in [0.1, 0.15) is 36.6 Å². The summed E-state index contributed by atoms with van der Waals surface area (Å²) in [7, 11) is 0. The molecule has 0 amide bonds. The number of pyridine rings is 1. The molecule has 2 rings (SSSR count). The average molecular weight is 278 g/mol. The highest BCUT2D eigenvalue weighted by Crippen LogP contribution is 2.22. The molecule has 2 heterocycles. The zero-order valence-corrected chi connectivity index (χ0v) is 12.3. The van der Waals surface area contributed by atoms with Crippen LogP contribution in [0.2, 0.25) is 0 Å². The Labute approximate surface area is 120 Å². The topological polar surface area (TPSA) is 70.2 Å². The standard InChI is InChI=1S/C15H23N3O2/c1-3-18-6-4-13(5-7-18)17-9-14-12(10-19)8-16-11(2)15(14)20/h8-9,13,19-20H,3-7,10H2,1-2H3/p+1. The SMILES string of the molecule is CC[NH+]1CCC(N=Cc2c(CO)cnc(C)c2O)CC1. The van der Waals surface area contributed by atoms with E-state index < -0.39 is 0 Å². The molecule has 0 spiro atoms. The fraction of sp³-hybridized carbons (Fsp3) is 0.600. The lowest BCUT2D eigenvalue weighted by Crippen LogP contribution is -3.12. The molecular weight excluding hydrogens is 254 g/mol. The monoisotopic (exact) mass is 278 g/mol. The van der Waals surface area contributed by atoms with Gasteiger partial charge in [0, 0.05) is 36.4 Å². The van der Waals surface area contributed by atoms with Crippen molar-refractivity contribution in [3.05, 3.63) is 23.0 Å². The van der Waals surface area contributed by atoms with Gasteiger partial charge in [-0.15, -0.1) is 0 Å². The number of hydrogen-bond donors (Lipinski definition) is 3. The zero-order chi connectivity index (χ0) is 14.5. The summed E-state index contributed by atoms with van der Waals surface area (Å²) in [5.41, 5.74) is 1.78. The molecule has 0 saturated carbocycles.